The van der Waals surface area contributed by atoms with Gasteiger partial charge in [-0.15, -0.1) is 0 Å². The Morgan fingerprint density at radius 2 is 1.74 bits per heavy atom. The fourth-order valence-electron chi connectivity index (χ4n) is 4.19. The molecule has 0 fully saturated rings. The number of nitrogens with zero attached hydrogens (tertiary/aromatic N) is 2. The first-order chi connectivity index (χ1) is 15.1. The van der Waals surface area contributed by atoms with Crippen molar-refractivity contribution in [3.05, 3.63) is 119 Å². The molecule has 4 aromatic rings. The molecule has 1 N–H and O–H groups in total. The van der Waals surface area contributed by atoms with Crippen LogP contribution in [0.3, 0.4) is 0 Å². The summed E-state index contributed by atoms with van der Waals surface area (Å²) in [5, 5.41) is 3.69. The zero-order valence-corrected chi connectivity index (χ0v) is 17.9. The number of hydrogen-bond donors (Lipinski definition) is 1. The van der Waals surface area contributed by atoms with Gasteiger partial charge in [-0.1, -0.05) is 66.2 Å². The van der Waals surface area contributed by atoms with Crippen LogP contribution in [0.25, 0.3) is 5.69 Å². The molecule has 154 valence electrons. The van der Waals surface area contributed by atoms with Gasteiger partial charge in [-0.05, 0) is 53.9 Å². The molecule has 5 rings (SSSR count). The van der Waals surface area contributed by atoms with E-state index in [-0.39, 0.29) is 12.1 Å². The van der Waals surface area contributed by atoms with Gasteiger partial charge in [-0.3, -0.25) is 0 Å². The number of fused-ring (bicyclic) bond motifs is 3. The molecular formula is C26H22ClN3O. The minimum atomic E-state index is -0.232. The summed E-state index contributed by atoms with van der Waals surface area (Å²) in [6.45, 7) is 2.43. The number of halogens is 1. The number of hydrogen-bond acceptors (Lipinski definition) is 1. The first-order valence-electron chi connectivity index (χ1n) is 10.3. The lowest BCUT2D eigenvalue weighted by Crippen LogP contribution is -2.37. The zero-order chi connectivity index (χ0) is 21.4. The van der Waals surface area contributed by atoms with Gasteiger partial charge in [0.05, 0.1) is 18.3 Å². The van der Waals surface area contributed by atoms with Gasteiger partial charge < -0.3 is 14.8 Å². The Balaban J connectivity index is 1.61. The molecule has 0 saturated heterocycles. The van der Waals surface area contributed by atoms with Gasteiger partial charge in [0.2, 0.25) is 0 Å². The minimum Gasteiger partial charge on any atom is -0.318 e. The van der Waals surface area contributed by atoms with Crippen LogP contribution in [0.1, 0.15) is 28.4 Å². The Hall–Kier alpha value is -3.50. The van der Waals surface area contributed by atoms with Crippen LogP contribution in [0.2, 0.25) is 5.02 Å². The Labute approximate surface area is 186 Å². The number of carbonyl (C=O) groups is 1. The average molecular weight is 428 g/mol. The van der Waals surface area contributed by atoms with E-state index in [0.29, 0.717) is 17.3 Å². The van der Waals surface area contributed by atoms with Gasteiger partial charge in [0.25, 0.3) is 0 Å². The third-order valence-corrected chi connectivity index (χ3v) is 6.17. The summed E-state index contributed by atoms with van der Waals surface area (Å²) in [5.41, 5.74) is 5.96. The second-order valence-corrected chi connectivity index (χ2v) is 8.17. The van der Waals surface area contributed by atoms with E-state index in [9.17, 15) is 4.79 Å². The molecule has 1 aromatic heterocycles. The van der Waals surface area contributed by atoms with Crippen LogP contribution in [0.15, 0.2) is 91.1 Å². The molecule has 2 heterocycles. The largest absolute Gasteiger partial charge is 0.322 e. The molecule has 0 aliphatic carbocycles. The Morgan fingerprint density at radius 3 is 2.55 bits per heavy atom. The van der Waals surface area contributed by atoms with Gasteiger partial charge in [0.1, 0.15) is 0 Å². The number of anilines is 1. The highest BCUT2D eigenvalue weighted by atomic mass is 35.5. The summed E-state index contributed by atoms with van der Waals surface area (Å²) in [6, 6.07) is 27.7. The number of aryl methyl sites for hydroxylation is 1. The lowest BCUT2D eigenvalue weighted by molar-refractivity contribution is 0.194. The van der Waals surface area contributed by atoms with Crippen molar-refractivity contribution in [3.8, 4) is 5.69 Å². The monoisotopic (exact) mass is 427 g/mol. The molecule has 0 bridgehead atoms. The van der Waals surface area contributed by atoms with Gasteiger partial charge in [0.15, 0.2) is 0 Å². The fraction of sp³-hybridized carbons (Fsp3) is 0.115. The van der Waals surface area contributed by atoms with E-state index in [4.69, 9.17) is 11.6 Å². The van der Waals surface area contributed by atoms with Gasteiger partial charge in [-0.2, -0.15) is 0 Å². The molecule has 0 saturated carbocycles. The summed E-state index contributed by atoms with van der Waals surface area (Å²) in [7, 11) is 0. The average Bonchev–Trinajstić information content (AvgIpc) is 3.21. The van der Waals surface area contributed by atoms with Crippen molar-refractivity contribution in [1.82, 2.24) is 9.47 Å². The summed E-state index contributed by atoms with van der Waals surface area (Å²) < 4.78 is 2.18. The van der Waals surface area contributed by atoms with Crippen molar-refractivity contribution in [2.75, 3.05) is 5.32 Å². The van der Waals surface area contributed by atoms with E-state index in [1.165, 1.54) is 0 Å². The second-order valence-electron chi connectivity index (χ2n) is 7.77. The van der Waals surface area contributed by atoms with E-state index in [0.717, 1.165) is 28.1 Å². The molecule has 5 heteroatoms. The normalized spacial score (nSPS) is 15.0. The number of carbonyl (C=O) groups excluding carboxylic acids is 1. The standard InChI is InChI=1S/C26H22ClN3O/c1-18-13-14-21(16-22(18)27)28-26(31)30-17-20-10-5-6-11-23(20)29-15-7-12-24(29)25(30)19-8-3-2-4-9-19/h2-16,25H,17H2,1H3,(H,28,31)/t25-/m0/s1. The van der Waals surface area contributed by atoms with Crippen LogP contribution in [0.4, 0.5) is 10.5 Å². The Morgan fingerprint density at radius 1 is 0.968 bits per heavy atom. The molecule has 1 aliphatic heterocycles. The smallest absolute Gasteiger partial charge is 0.318 e. The SMILES string of the molecule is Cc1ccc(NC(=O)N2Cc3ccccc3-n3cccc3[C@@H]2c2ccccc2)cc1Cl. The van der Waals surface area contributed by atoms with Crippen molar-refractivity contribution in [2.45, 2.75) is 19.5 Å². The maximum absolute atomic E-state index is 13.6. The number of aromatic nitrogens is 1. The van der Waals surface area contributed by atoms with Crippen molar-refractivity contribution >= 4 is 23.3 Å². The lowest BCUT2D eigenvalue weighted by atomic mass is 10.0. The number of amides is 2. The second kappa shape index (κ2) is 7.97. The minimum absolute atomic E-state index is 0.168. The predicted octanol–water partition coefficient (Wildman–Crippen LogP) is 6.58. The highest BCUT2D eigenvalue weighted by Gasteiger charge is 2.32. The third-order valence-electron chi connectivity index (χ3n) is 5.76. The molecule has 3 aromatic carbocycles. The highest BCUT2D eigenvalue weighted by Crippen LogP contribution is 2.37. The fourth-order valence-corrected chi connectivity index (χ4v) is 4.37. The molecular weight excluding hydrogens is 406 g/mol. The topological polar surface area (TPSA) is 37.3 Å². The molecule has 1 aliphatic rings. The maximum atomic E-state index is 13.6. The number of urea groups is 1. The van der Waals surface area contributed by atoms with Crippen molar-refractivity contribution in [3.63, 3.8) is 0 Å². The quantitative estimate of drug-likeness (QED) is 0.385. The van der Waals surface area contributed by atoms with E-state index < -0.39 is 0 Å². The van der Waals surface area contributed by atoms with E-state index in [1.54, 1.807) is 6.07 Å². The summed E-state index contributed by atoms with van der Waals surface area (Å²) in [5.74, 6) is 0. The zero-order valence-electron chi connectivity index (χ0n) is 17.1. The van der Waals surface area contributed by atoms with Crippen LogP contribution >= 0.6 is 11.6 Å². The van der Waals surface area contributed by atoms with Crippen LogP contribution in [0, 0.1) is 6.92 Å². The van der Waals surface area contributed by atoms with Gasteiger partial charge in [-0.25, -0.2) is 4.79 Å². The number of benzene rings is 3. The number of nitrogens with one attached hydrogen (secondary N) is 1. The number of rotatable bonds is 2. The van der Waals surface area contributed by atoms with Gasteiger partial charge >= 0.3 is 6.03 Å². The molecule has 0 radical (unpaired) electrons. The molecule has 0 spiro atoms. The van der Waals surface area contributed by atoms with Crippen LogP contribution < -0.4 is 5.32 Å². The Bertz CT molecular complexity index is 1250. The predicted molar refractivity (Wildman–Crippen MR) is 125 cm³/mol. The maximum Gasteiger partial charge on any atom is 0.322 e. The van der Waals surface area contributed by atoms with Crippen LogP contribution in [0.5, 0.6) is 0 Å². The summed E-state index contributed by atoms with van der Waals surface area (Å²) >= 11 is 6.28. The van der Waals surface area contributed by atoms with Crippen molar-refractivity contribution in [2.24, 2.45) is 0 Å². The number of para-hydroxylation sites is 1. The lowest BCUT2D eigenvalue weighted by Gasteiger charge is -2.31. The first kappa shape index (κ1) is 19.5. The third kappa shape index (κ3) is 3.60. The molecule has 1 atom stereocenters. The Kier molecular flexibility index (Phi) is 5.00. The molecule has 0 unspecified atom stereocenters. The summed E-state index contributed by atoms with van der Waals surface area (Å²) in [6.07, 6.45) is 2.06. The molecule has 2 amide bonds. The van der Waals surface area contributed by atoms with Crippen molar-refractivity contribution in [1.29, 1.82) is 0 Å². The van der Waals surface area contributed by atoms with Crippen LogP contribution in [-0.4, -0.2) is 15.5 Å². The van der Waals surface area contributed by atoms with E-state index >= 15 is 0 Å². The van der Waals surface area contributed by atoms with Gasteiger partial charge in [0, 0.05) is 22.6 Å². The highest BCUT2D eigenvalue weighted by molar-refractivity contribution is 6.31. The van der Waals surface area contributed by atoms with Crippen LogP contribution in [-0.2, 0) is 6.54 Å². The molecule has 4 nitrogen and oxygen atoms in total. The van der Waals surface area contributed by atoms with Crippen molar-refractivity contribution < 1.29 is 4.79 Å². The summed E-state index contributed by atoms with van der Waals surface area (Å²) in [4.78, 5) is 15.5. The van der Waals surface area contributed by atoms with E-state index in [2.05, 4.69) is 46.4 Å². The molecule has 31 heavy (non-hydrogen) atoms. The van der Waals surface area contributed by atoms with E-state index in [1.807, 2.05) is 60.4 Å². The first-order valence-corrected chi connectivity index (χ1v) is 10.6.